The molecule has 2 aromatic carbocycles. The number of phenolic OH excluding ortho intramolecular Hbond substituents is 3. The number of aliphatic hydroxyl groups is 6. The van der Waals surface area contributed by atoms with Gasteiger partial charge in [-0.1, -0.05) is 12.1 Å². The summed E-state index contributed by atoms with van der Waals surface area (Å²) in [6.45, 7) is -1.09. The Bertz CT molecular complexity index is 1220. The molecule has 0 bridgehead atoms. The molecule has 0 aliphatic carbocycles. The van der Waals surface area contributed by atoms with Crippen molar-refractivity contribution in [3.8, 4) is 23.0 Å². The summed E-state index contributed by atoms with van der Waals surface area (Å²) in [5.41, 5.74) is 0.320. The first kappa shape index (κ1) is 29.7. The highest BCUT2D eigenvalue weighted by atomic mass is 16.7. The van der Waals surface area contributed by atoms with E-state index in [1.165, 1.54) is 36.4 Å². The van der Waals surface area contributed by atoms with Gasteiger partial charge in [-0.15, -0.1) is 0 Å². The summed E-state index contributed by atoms with van der Waals surface area (Å²) in [7, 11) is 0. The van der Waals surface area contributed by atoms with Crippen molar-refractivity contribution >= 4 is 11.9 Å². The van der Waals surface area contributed by atoms with Crippen LogP contribution in [0, 0.1) is 0 Å². The summed E-state index contributed by atoms with van der Waals surface area (Å²) in [6.07, 6.45) is -11.4. The van der Waals surface area contributed by atoms with Gasteiger partial charge in [-0.05, 0) is 35.9 Å². The average molecular weight is 567 g/mol. The molecule has 14 nitrogen and oxygen atoms in total. The lowest BCUT2D eigenvalue weighted by Gasteiger charge is -2.44. The second kappa shape index (κ2) is 12.5. The highest BCUT2D eigenvalue weighted by Gasteiger charge is 2.49. The van der Waals surface area contributed by atoms with Gasteiger partial charge in [0.25, 0.3) is 0 Å². The maximum absolute atomic E-state index is 12.5. The van der Waals surface area contributed by atoms with Gasteiger partial charge in [0.05, 0.1) is 18.8 Å². The van der Waals surface area contributed by atoms with E-state index >= 15 is 0 Å². The topological polar surface area (TPSA) is 236 Å². The van der Waals surface area contributed by atoms with Crippen molar-refractivity contribution < 1.29 is 69.7 Å². The van der Waals surface area contributed by atoms with Gasteiger partial charge in [-0.25, -0.2) is 0 Å². The molecule has 0 aromatic heterocycles. The summed E-state index contributed by atoms with van der Waals surface area (Å²) < 4.78 is 21.7. The van der Waals surface area contributed by atoms with Gasteiger partial charge in [0.1, 0.15) is 54.2 Å². The number of ether oxygens (including phenoxy) is 4. The molecule has 2 aliphatic rings. The van der Waals surface area contributed by atoms with Crippen LogP contribution in [0.25, 0.3) is 6.08 Å². The third-order valence-electron chi connectivity index (χ3n) is 6.48. The van der Waals surface area contributed by atoms with Crippen LogP contribution in [0.4, 0.5) is 0 Å². The Balaban J connectivity index is 1.41. The third-order valence-corrected chi connectivity index (χ3v) is 6.48. The van der Waals surface area contributed by atoms with Crippen molar-refractivity contribution in [3.63, 3.8) is 0 Å². The number of rotatable bonds is 8. The molecule has 0 radical (unpaired) electrons. The number of allylic oxidation sites excluding steroid dienone is 1. The number of benzene rings is 2. The van der Waals surface area contributed by atoms with Gasteiger partial charge in [0.2, 0.25) is 6.29 Å². The monoisotopic (exact) mass is 566 g/mol. The minimum atomic E-state index is -1.75. The van der Waals surface area contributed by atoms with Crippen molar-refractivity contribution in [1.82, 2.24) is 0 Å². The van der Waals surface area contributed by atoms with E-state index in [9.17, 15) is 50.8 Å². The fourth-order valence-electron chi connectivity index (χ4n) is 4.20. The molecule has 2 heterocycles. The highest BCUT2D eigenvalue weighted by molar-refractivity contribution is 6.08. The Kier molecular flexibility index (Phi) is 9.25. The summed E-state index contributed by atoms with van der Waals surface area (Å²) in [4.78, 5) is 12.5. The van der Waals surface area contributed by atoms with Gasteiger partial charge in [-0.2, -0.15) is 0 Å². The van der Waals surface area contributed by atoms with Gasteiger partial charge in [0, 0.05) is 6.07 Å². The van der Waals surface area contributed by atoms with E-state index in [4.69, 9.17) is 18.9 Å². The normalized spacial score (nSPS) is 32.7. The van der Waals surface area contributed by atoms with Crippen molar-refractivity contribution in [1.29, 1.82) is 0 Å². The molecular formula is C26H30O14. The van der Waals surface area contributed by atoms with E-state index in [0.717, 1.165) is 12.1 Å². The number of phenols is 3. The number of hydrogen-bond donors (Lipinski definition) is 9. The average Bonchev–Trinajstić information content (AvgIpc) is 2.93. The van der Waals surface area contributed by atoms with Crippen molar-refractivity contribution in [2.45, 2.75) is 55.3 Å². The molecule has 9 atom stereocenters. The molecule has 9 N–H and O–H groups in total. The number of aromatic hydroxyl groups is 3. The van der Waals surface area contributed by atoms with Crippen molar-refractivity contribution in [2.75, 3.05) is 13.2 Å². The molecule has 0 saturated carbocycles. The van der Waals surface area contributed by atoms with Crippen LogP contribution in [0.1, 0.15) is 15.9 Å². The van der Waals surface area contributed by atoms with Gasteiger partial charge < -0.3 is 64.9 Å². The summed E-state index contributed by atoms with van der Waals surface area (Å²) in [5, 5.41) is 89.8. The minimum Gasteiger partial charge on any atom is -0.507 e. The quantitative estimate of drug-likeness (QED) is 0.0988. The number of ketones is 1. The predicted molar refractivity (Wildman–Crippen MR) is 132 cm³/mol. The van der Waals surface area contributed by atoms with Crippen LogP contribution in [0.15, 0.2) is 42.5 Å². The molecule has 0 unspecified atom stereocenters. The van der Waals surface area contributed by atoms with Crippen molar-refractivity contribution in [2.24, 2.45) is 0 Å². The smallest absolute Gasteiger partial charge is 0.229 e. The Morgan fingerprint density at radius 1 is 0.875 bits per heavy atom. The maximum Gasteiger partial charge on any atom is 0.229 e. The first-order chi connectivity index (χ1) is 19.0. The fraction of sp³-hybridized carbons (Fsp3) is 0.423. The van der Waals surface area contributed by atoms with E-state index < -0.39 is 73.4 Å². The first-order valence-electron chi connectivity index (χ1n) is 12.2. The zero-order chi connectivity index (χ0) is 29.1. The summed E-state index contributed by atoms with van der Waals surface area (Å²) in [5.74, 6) is -1.81. The zero-order valence-electron chi connectivity index (χ0n) is 20.8. The van der Waals surface area contributed by atoms with Crippen LogP contribution in [0.3, 0.4) is 0 Å². The lowest BCUT2D eigenvalue weighted by molar-refractivity contribution is -0.339. The molecule has 14 heteroatoms. The SMILES string of the molecule is O=C(/C=C/c1ccc(O)c(O)c1)c1ccc(O[C@@H]2O[C@@H](CO)[C@H](O[C@@H]3OC[C@@H](O)[C@H](O)[C@@H]3O)[C@H](O)[C@H]2O)cc1O. The third kappa shape index (κ3) is 6.36. The molecule has 218 valence electrons. The first-order valence-corrected chi connectivity index (χ1v) is 12.2. The number of carbonyl (C=O) groups is 1. The molecule has 4 rings (SSSR count). The lowest BCUT2D eigenvalue weighted by atomic mass is 9.98. The van der Waals surface area contributed by atoms with E-state index in [-0.39, 0.29) is 29.4 Å². The van der Waals surface area contributed by atoms with Crippen LogP contribution in [0.2, 0.25) is 0 Å². The molecule has 2 saturated heterocycles. The van der Waals surface area contributed by atoms with Crippen LogP contribution in [0.5, 0.6) is 23.0 Å². The second-order valence-electron chi connectivity index (χ2n) is 9.30. The van der Waals surface area contributed by atoms with Gasteiger partial charge >= 0.3 is 0 Å². The van der Waals surface area contributed by atoms with E-state index in [0.29, 0.717) is 5.56 Å². The minimum absolute atomic E-state index is 0.0584. The predicted octanol–water partition coefficient (Wildman–Crippen LogP) is -1.66. The van der Waals surface area contributed by atoms with Crippen LogP contribution in [-0.4, -0.2) is 120 Å². The van der Waals surface area contributed by atoms with Crippen LogP contribution in [-0.2, 0) is 14.2 Å². The largest absolute Gasteiger partial charge is 0.507 e. The molecule has 40 heavy (non-hydrogen) atoms. The van der Waals surface area contributed by atoms with Crippen LogP contribution < -0.4 is 4.74 Å². The zero-order valence-corrected chi connectivity index (χ0v) is 20.8. The molecule has 0 amide bonds. The van der Waals surface area contributed by atoms with Gasteiger partial charge in [-0.3, -0.25) is 4.79 Å². The summed E-state index contributed by atoms with van der Waals surface area (Å²) in [6, 6.07) is 7.57. The molecule has 2 aliphatic heterocycles. The molecular weight excluding hydrogens is 536 g/mol. The van der Waals surface area contributed by atoms with Crippen LogP contribution >= 0.6 is 0 Å². The number of carbonyl (C=O) groups excluding carboxylic acids is 1. The maximum atomic E-state index is 12.5. The Morgan fingerprint density at radius 2 is 1.60 bits per heavy atom. The highest BCUT2D eigenvalue weighted by Crippen LogP contribution is 2.31. The Labute approximate surface area is 227 Å². The lowest BCUT2D eigenvalue weighted by Crippen LogP contribution is -2.63. The molecule has 0 spiro atoms. The Morgan fingerprint density at radius 3 is 2.27 bits per heavy atom. The molecule has 2 fully saturated rings. The standard InChI is InChI=1S/C26H30O14/c27-9-19-24(40-25-22(35)20(33)18(32)10-37-25)21(34)23(36)26(39-19)38-12-3-4-13(16(30)8-12)14(28)5-1-11-2-6-15(29)17(31)7-11/h1-8,18-27,29-36H,9-10H2/b5-1+/t18-,19+,20+,21-,22+,23-,24+,25+,26-/m1/s1. The molecule has 2 aromatic rings. The van der Waals surface area contributed by atoms with E-state index in [1.54, 1.807) is 0 Å². The van der Waals surface area contributed by atoms with Gasteiger partial charge in [0.15, 0.2) is 23.6 Å². The number of aliphatic hydroxyl groups excluding tert-OH is 6. The fourth-order valence-corrected chi connectivity index (χ4v) is 4.20. The van der Waals surface area contributed by atoms with E-state index in [2.05, 4.69) is 0 Å². The van der Waals surface area contributed by atoms with Crippen molar-refractivity contribution in [3.05, 3.63) is 53.6 Å². The Hall–Kier alpha value is -3.31. The summed E-state index contributed by atoms with van der Waals surface area (Å²) >= 11 is 0. The second-order valence-corrected chi connectivity index (χ2v) is 9.30. The van der Waals surface area contributed by atoms with E-state index in [1.807, 2.05) is 0 Å². The number of hydrogen-bond acceptors (Lipinski definition) is 14.